The molecule has 0 radical (unpaired) electrons. The number of hydrogen-bond acceptors (Lipinski definition) is 3. The summed E-state index contributed by atoms with van der Waals surface area (Å²) in [5, 5.41) is 0.608. The van der Waals surface area contributed by atoms with E-state index in [2.05, 4.69) is 0 Å². The summed E-state index contributed by atoms with van der Waals surface area (Å²) in [4.78, 5) is 11.7. The van der Waals surface area contributed by atoms with E-state index in [-0.39, 0.29) is 11.9 Å². The van der Waals surface area contributed by atoms with Crippen LogP contribution < -0.4 is 5.30 Å². The predicted molar refractivity (Wildman–Crippen MR) is 63.7 cm³/mol. The van der Waals surface area contributed by atoms with Gasteiger partial charge in [0.15, 0.2) is 5.78 Å². The SMILES string of the molecule is CCCCOP1(=O)CC(=O)c2ccccc21. The van der Waals surface area contributed by atoms with E-state index in [1.54, 1.807) is 24.3 Å². The van der Waals surface area contributed by atoms with Crippen molar-refractivity contribution in [3.05, 3.63) is 29.8 Å². The van der Waals surface area contributed by atoms with Gasteiger partial charge in [0.05, 0.1) is 12.8 Å². The van der Waals surface area contributed by atoms with Crippen molar-refractivity contribution in [1.29, 1.82) is 0 Å². The molecule has 16 heavy (non-hydrogen) atoms. The lowest BCUT2D eigenvalue weighted by molar-refractivity contribution is 0.102. The maximum absolute atomic E-state index is 12.5. The topological polar surface area (TPSA) is 43.4 Å². The molecule has 1 heterocycles. The number of unbranched alkanes of at least 4 members (excludes halogenated alkanes) is 1. The Morgan fingerprint density at radius 1 is 1.38 bits per heavy atom. The molecule has 0 bridgehead atoms. The Bertz CT molecular complexity index is 453. The number of Topliss-reactive ketones (excluding diaryl/α,β-unsaturated/α-hetero) is 1. The van der Waals surface area contributed by atoms with Crippen LogP contribution in [-0.4, -0.2) is 18.6 Å². The summed E-state index contributed by atoms with van der Waals surface area (Å²) < 4.78 is 17.9. The molecular weight excluding hydrogens is 223 g/mol. The van der Waals surface area contributed by atoms with Gasteiger partial charge >= 0.3 is 0 Å². The van der Waals surface area contributed by atoms with E-state index < -0.39 is 7.37 Å². The Hall–Kier alpha value is -0.920. The third-order valence-electron chi connectivity index (χ3n) is 2.72. The third-order valence-corrected chi connectivity index (χ3v) is 5.15. The number of fused-ring (bicyclic) bond motifs is 1. The van der Waals surface area contributed by atoms with Gasteiger partial charge in [-0.3, -0.25) is 9.36 Å². The summed E-state index contributed by atoms with van der Waals surface area (Å²) in [6, 6.07) is 7.05. The third kappa shape index (κ3) is 1.98. The first kappa shape index (κ1) is 11.6. The molecule has 3 nitrogen and oxygen atoms in total. The monoisotopic (exact) mass is 238 g/mol. The minimum absolute atomic E-state index is 0.0378. The Balaban J connectivity index is 2.25. The van der Waals surface area contributed by atoms with Crippen LogP contribution in [0.2, 0.25) is 0 Å². The number of carbonyl (C=O) groups excluding carboxylic acids is 1. The normalized spacial score (nSPS) is 23.4. The first-order valence-corrected chi connectivity index (χ1v) is 7.35. The van der Waals surface area contributed by atoms with E-state index in [4.69, 9.17) is 4.52 Å². The summed E-state index contributed by atoms with van der Waals surface area (Å²) in [5.41, 5.74) is 0.572. The minimum atomic E-state index is -2.90. The highest BCUT2D eigenvalue weighted by molar-refractivity contribution is 7.69. The molecule has 0 fully saturated rings. The Kier molecular flexibility index (Phi) is 3.27. The molecule has 1 unspecified atom stereocenters. The second kappa shape index (κ2) is 4.52. The molecule has 0 saturated carbocycles. The van der Waals surface area contributed by atoms with Crippen LogP contribution in [0, 0.1) is 0 Å². The Morgan fingerprint density at radius 3 is 2.88 bits per heavy atom. The zero-order valence-corrected chi connectivity index (χ0v) is 10.2. The van der Waals surface area contributed by atoms with E-state index in [0.29, 0.717) is 17.5 Å². The smallest absolute Gasteiger partial charge is 0.240 e. The van der Waals surface area contributed by atoms with Crippen molar-refractivity contribution in [2.75, 3.05) is 12.8 Å². The Labute approximate surface area is 95.3 Å². The van der Waals surface area contributed by atoms with Crippen LogP contribution in [0.25, 0.3) is 0 Å². The number of benzene rings is 1. The van der Waals surface area contributed by atoms with Crippen LogP contribution in [0.3, 0.4) is 0 Å². The second-order valence-electron chi connectivity index (χ2n) is 3.96. The molecule has 1 atom stereocenters. The van der Waals surface area contributed by atoms with Gasteiger partial charge in [-0.05, 0) is 12.5 Å². The molecule has 2 rings (SSSR count). The van der Waals surface area contributed by atoms with E-state index in [9.17, 15) is 9.36 Å². The first-order valence-electron chi connectivity index (χ1n) is 5.54. The van der Waals surface area contributed by atoms with Crippen LogP contribution in [0.1, 0.15) is 30.1 Å². The predicted octanol–water partition coefficient (Wildman–Crippen LogP) is 2.60. The highest BCUT2D eigenvalue weighted by Crippen LogP contribution is 2.51. The van der Waals surface area contributed by atoms with Gasteiger partial charge < -0.3 is 4.52 Å². The molecule has 0 aliphatic carbocycles. The van der Waals surface area contributed by atoms with Gasteiger partial charge in [-0.1, -0.05) is 31.5 Å². The van der Waals surface area contributed by atoms with Gasteiger partial charge in [-0.15, -0.1) is 0 Å². The highest BCUT2D eigenvalue weighted by atomic mass is 31.2. The van der Waals surface area contributed by atoms with Crippen LogP contribution in [0.15, 0.2) is 24.3 Å². The molecule has 86 valence electrons. The standard InChI is InChI=1S/C12H15O3P/c1-2-3-8-15-16(14)9-11(13)10-6-4-5-7-12(10)16/h4-7H,2-3,8-9H2,1H3. The van der Waals surface area contributed by atoms with Crippen LogP contribution in [0.5, 0.6) is 0 Å². The van der Waals surface area contributed by atoms with Crippen molar-refractivity contribution in [2.45, 2.75) is 19.8 Å². The maximum atomic E-state index is 12.5. The van der Waals surface area contributed by atoms with E-state index in [1.807, 2.05) is 6.92 Å². The van der Waals surface area contributed by atoms with Gasteiger partial charge in [-0.25, -0.2) is 0 Å². The number of rotatable bonds is 4. The van der Waals surface area contributed by atoms with E-state index in [0.717, 1.165) is 12.8 Å². The molecule has 1 aliphatic rings. The van der Waals surface area contributed by atoms with Crippen molar-refractivity contribution < 1.29 is 13.9 Å². The largest absolute Gasteiger partial charge is 0.325 e. The van der Waals surface area contributed by atoms with Crippen molar-refractivity contribution in [2.24, 2.45) is 0 Å². The van der Waals surface area contributed by atoms with Crippen LogP contribution in [-0.2, 0) is 9.09 Å². The molecular formula is C12H15O3P. The average molecular weight is 238 g/mol. The second-order valence-corrected chi connectivity index (χ2v) is 6.36. The molecule has 4 heteroatoms. The summed E-state index contributed by atoms with van der Waals surface area (Å²) in [5.74, 6) is -0.0598. The summed E-state index contributed by atoms with van der Waals surface area (Å²) in [6.07, 6.45) is 1.91. The van der Waals surface area contributed by atoms with Crippen molar-refractivity contribution in [3.8, 4) is 0 Å². The quantitative estimate of drug-likeness (QED) is 0.598. The number of ketones is 1. The van der Waals surface area contributed by atoms with Crippen molar-refractivity contribution >= 4 is 18.5 Å². The zero-order valence-electron chi connectivity index (χ0n) is 9.31. The van der Waals surface area contributed by atoms with Gasteiger partial charge in [-0.2, -0.15) is 0 Å². The van der Waals surface area contributed by atoms with Gasteiger partial charge in [0.2, 0.25) is 7.37 Å². The molecule has 0 saturated heterocycles. The lowest BCUT2D eigenvalue weighted by atomic mass is 10.2. The maximum Gasteiger partial charge on any atom is 0.240 e. The average Bonchev–Trinajstić information content (AvgIpc) is 2.53. The van der Waals surface area contributed by atoms with E-state index >= 15 is 0 Å². The molecule has 0 amide bonds. The molecule has 1 aromatic carbocycles. The molecule has 0 aromatic heterocycles. The Morgan fingerprint density at radius 2 is 2.12 bits per heavy atom. The lowest BCUT2D eigenvalue weighted by Crippen LogP contribution is -2.06. The fourth-order valence-corrected chi connectivity index (χ4v) is 4.09. The molecule has 1 aromatic rings. The number of carbonyl (C=O) groups is 1. The van der Waals surface area contributed by atoms with Crippen LogP contribution >= 0.6 is 7.37 Å². The molecule has 0 spiro atoms. The minimum Gasteiger partial charge on any atom is -0.325 e. The number of hydrogen-bond donors (Lipinski definition) is 0. The van der Waals surface area contributed by atoms with Gasteiger partial charge in [0.1, 0.15) is 0 Å². The van der Waals surface area contributed by atoms with Crippen molar-refractivity contribution in [1.82, 2.24) is 0 Å². The van der Waals surface area contributed by atoms with Crippen LogP contribution in [0.4, 0.5) is 0 Å². The molecule has 1 aliphatic heterocycles. The summed E-state index contributed by atoms with van der Waals surface area (Å²) in [6.45, 7) is 2.52. The summed E-state index contributed by atoms with van der Waals surface area (Å²) >= 11 is 0. The first-order chi connectivity index (χ1) is 7.67. The fraction of sp³-hybridized carbons (Fsp3) is 0.417. The zero-order chi connectivity index (χ0) is 11.6. The van der Waals surface area contributed by atoms with Gasteiger partial charge in [0, 0.05) is 10.9 Å². The fourth-order valence-electron chi connectivity index (χ4n) is 1.84. The lowest BCUT2D eigenvalue weighted by Gasteiger charge is -2.12. The highest BCUT2D eigenvalue weighted by Gasteiger charge is 2.39. The molecule has 0 N–H and O–H groups in total. The van der Waals surface area contributed by atoms with Gasteiger partial charge in [0.25, 0.3) is 0 Å². The summed E-state index contributed by atoms with van der Waals surface area (Å²) in [7, 11) is -2.90. The van der Waals surface area contributed by atoms with Crippen molar-refractivity contribution in [3.63, 3.8) is 0 Å². The van der Waals surface area contributed by atoms with E-state index in [1.165, 1.54) is 0 Å².